The highest BCUT2D eigenvalue weighted by atomic mass is 35.5. The van der Waals surface area contributed by atoms with Crippen LogP contribution >= 0.6 is 11.6 Å². The number of aromatic amines is 1. The van der Waals surface area contributed by atoms with Crippen molar-refractivity contribution in [2.24, 2.45) is 11.7 Å². The number of amides is 1. The lowest BCUT2D eigenvalue weighted by Gasteiger charge is -2.47. The molecule has 0 radical (unpaired) electrons. The fraction of sp³-hybridized carbons (Fsp3) is 0.333. The number of H-pyrrole nitrogens is 1. The molecule has 3 aromatic rings. The number of nitrogens with two attached hydrogens (primary N) is 1. The molecular formula is C24H27ClN4O. The van der Waals surface area contributed by atoms with Gasteiger partial charge in [0.25, 0.3) is 0 Å². The molecule has 0 aliphatic carbocycles. The number of carbonyl (C=O) groups excluding carboxylic acids is 1. The number of halogens is 1. The Morgan fingerprint density at radius 3 is 2.77 bits per heavy atom. The molecule has 1 amide bonds. The van der Waals surface area contributed by atoms with Gasteiger partial charge in [-0.2, -0.15) is 0 Å². The number of benzene rings is 1. The maximum atomic E-state index is 11.7. The summed E-state index contributed by atoms with van der Waals surface area (Å²) in [5.74, 6) is -0.00898. The zero-order valence-corrected chi connectivity index (χ0v) is 18.1. The van der Waals surface area contributed by atoms with E-state index in [1.54, 1.807) is 12.3 Å². The van der Waals surface area contributed by atoms with Gasteiger partial charge in [-0.15, -0.1) is 0 Å². The van der Waals surface area contributed by atoms with E-state index in [0.29, 0.717) is 16.5 Å². The first kappa shape index (κ1) is 20.6. The van der Waals surface area contributed by atoms with Gasteiger partial charge in [-0.1, -0.05) is 37.6 Å². The molecule has 4 rings (SSSR count). The number of pyridine rings is 1. The van der Waals surface area contributed by atoms with Gasteiger partial charge in [0.15, 0.2) is 0 Å². The van der Waals surface area contributed by atoms with Crippen molar-refractivity contribution in [3.05, 3.63) is 88.5 Å². The van der Waals surface area contributed by atoms with Gasteiger partial charge >= 0.3 is 0 Å². The van der Waals surface area contributed by atoms with Crippen molar-refractivity contribution in [1.82, 2.24) is 14.9 Å². The third kappa shape index (κ3) is 3.87. The van der Waals surface area contributed by atoms with E-state index in [1.807, 2.05) is 36.5 Å². The number of rotatable bonds is 5. The number of likely N-dealkylation sites (tertiary alicyclic amines) is 1. The zero-order chi connectivity index (χ0) is 21.3. The molecular weight excluding hydrogens is 396 g/mol. The molecule has 5 nitrogen and oxygen atoms in total. The molecule has 1 aliphatic heterocycles. The second-order valence-corrected chi connectivity index (χ2v) is 8.87. The van der Waals surface area contributed by atoms with E-state index in [4.69, 9.17) is 17.3 Å². The van der Waals surface area contributed by atoms with E-state index in [0.717, 1.165) is 30.9 Å². The van der Waals surface area contributed by atoms with Crippen molar-refractivity contribution in [2.75, 3.05) is 13.1 Å². The second-order valence-electron chi connectivity index (χ2n) is 8.44. The molecule has 6 heteroatoms. The normalized spacial score (nSPS) is 23.2. The Labute approximate surface area is 182 Å². The number of carbonyl (C=O) groups is 1. The van der Waals surface area contributed by atoms with Gasteiger partial charge in [0, 0.05) is 36.7 Å². The van der Waals surface area contributed by atoms with E-state index in [-0.39, 0.29) is 17.4 Å². The molecule has 0 saturated carbocycles. The van der Waals surface area contributed by atoms with E-state index in [2.05, 4.69) is 40.8 Å². The van der Waals surface area contributed by atoms with Gasteiger partial charge in [-0.25, -0.2) is 0 Å². The summed E-state index contributed by atoms with van der Waals surface area (Å²) in [5.41, 5.74) is 9.32. The monoisotopic (exact) mass is 422 g/mol. The van der Waals surface area contributed by atoms with Gasteiger partial charge in [0.05, 0.1) is 16.8 Å². The highest BCUT2D eigenvalue weighted by Gasteiger charge is 2.41. The minimum Gasteiger partial charge on any atom is -0.366 e. The molecule has 1 unspecified atom stereocenters. The molecule has 3 heterocycles. The summed E-state index contributed by atoms with van der Waals surface area (Å²) in [6, 6.07) is 15.8. The molecule has 0 bridgehead atoms. The number of hydrogen-bond donors (Lipinski definition) is 2. The van der Waals surface area contributed by atoms with Gasteiger partial charge in [0.1, 0.15) is 0 Å². The number of nitrogens with one attached hydrogen (secondary N) is 1. The molecule has 1 aromatic carbocycles. The van der Waals surface area contributed by atoms with Crippen LogP contribution < -0.4 is 5.73 Å². The Morgan fingerprint density at radius 2 is 2.13 bits per heavy atom. The number of hydrogen-bond acceptors (Lipinski definition) is 3. The van der Waals surface area contributed by atoms with Crippen LogP contribution in [0, 0.1) is 5.92 Å². The number of aromatic nitrogens is 2. The zero-order valence-electron chi connectivity index (χ0n) is 17.3. The minimum atomic E-state index is -0.383. The second kappa shape index (κ2) is 8.25. The lowest BCUT2D eigenvalue weighted by Crippen LogP contribution is -2.48. The minimum absolute atomic E-state index is 0.0321. The predicted molar refractivity (Wildman–Crippen MR) is 120 cm³/mol. The third-order valence-corrected chi connectivity index (χ3v) is 6.86. The Kier molecular flexibility index (Phi) is 5.67. The highest BCUT2D eigenvalue weighted by molar-refractivity contribution is 6.30. The largest absolute Gasteiger partial charge is 0.366 e. The quantitative estimate of drug-likeness (QED) is 0.633. The molecule has 1 aliphatic rings. The molecule has 1 saturated heterocycles. The Hall–Kier alpha value is -2.63. The van der Waals surface area contributed by atoms with Crippen LogP contribution in [0.5, 0.6) is 0 Å². The molecule has 30 heavy (non-hydrogen) atoms. The van der Waals surface area contributed by atoms with Crippen molar-refractivity contribution in [3.8, 4) is 0 Å². The van der Waals surface area contributed by atoms with E-state index >= 15 is 0 Å². The van der Waals surface area contributed by atoms with Crippen LogP contribution in [0.4, 0.5) is 0 Å². The summed E-state index contributed by atoms with van der Waals surface area (Å²) in [7, 11) is 0. The lowest BCUT2D eigenvalue weighted by atomic mass is 9.67. The average molecular weight is 423 g/mol. The topological polar surface area (TPSA) is 75.0 Å². The third-order valence-electron chi connectivity index (χ3n) is 6.63. The molecule has 1 fully saturated rings. The van der Waals surface area contributed by atoms with Gasteiger partial charge in [-0.3, -0.25) is 14.7 Å². The number of piperidine rings is 1. The Balaban J connectivity index is 1.62. The van der Waals surface area contributed by atoms with Crippen LogP contribution in [-0.4, -0.2) is 33.9 Å². The Morgan fingerprint density at radius 1 is 1.30 bits per heavy atom. The fourth-order valence-electron chi connectivity index (χ4n) is 4.56. The summed E-state index contributed by atoms with van der Waals surface area (Å²) in [4.78, 5) is 22.1. The predicted octanol–water partition coefficient (Wildman–Crippen LogP) is 4.55. The van der Waals surface area contributed by atoms with Gasteiger partial charge in [0.2, 0.25) is 5.91 Å². The molecule has 156 valence electrons. The Bertz CT molecular complexity index is 1020. The summed E-state index contributed by atoms with van der Waals surface area (Å²) in [6.45, 7) is 6.39. The summed E-state index contributed by atoms with van der Waals surface area (Å²) in [5, 5.41) is 0.637. The molecule has 3 atom stereocenters. The van der Waals surface area contributed by atoms with Crippen molar-refractivity contribution >= 4 is 17.5 Å². The van der Waals surface area contributed by atoms with Crippen LogP contribution in [0.15, 0.2) is 60.9 Å². The van der Waals surface area contributed by atoms with Crippen LogP contribution in [0.1, 0.15) is 53.6 Å². The number of nitrogens with zero attached hydrogens (tertiary/aromatic N) is 2. The standard InChI is InChI=1S/C24H27ClN4O/c1-16-15-29(12-10-24(16,2)18-6-3-5-17(13-18)23(26)30)22(20-7-4-11-27-20)21-9-8-19(25)14-28-21/h3-9,11,13-14,16,22,27H,10,12,15H2,1-2H3,(H2,26,30)/t16-,22?,24+/m0/s1. The first-order valence-corrected chi connectivity index (χ1v) is 10.7. The fourth-order valence-corrected chi connectivity index (χ4v) is 4.68. The summed E-state index contributed by atoms with van der Waals surface area (Å²) in [6.07, 6.45) is 4.63. The van der Waals surface area contributed by atoms with Gasteiger partial charge in [-0.05, 0) is 59.7 Å². The van der Waals surface area contributed by atoms with Crippen LogP contribution in [0.3, 0.4) is 0 Å². The SMILES string of the molecule is C[C@H]1CN(C(c2ccc(Cl)cn2)c2ccc[nH]2)CC[C@@]1(C)c1cccc(C(N)=O)c1. The average Bonchev–Trinajstić information content (AvgIpc) is 3.27. The maximum Gasteiger partial charge on any atom is 0.248 e. The molecule has 2 aromatic heterocycles. The summed E-state index contributed by atoms with van der Waals surface area (Å²) >= 11 is 6.07. The molecule has 0 spiro atoms. The maximum absolute atomic E-state index is 11.7. The van der Waals surface area contributed by atoms with Crippen molar-refractivity contribution < 1.29 is 4.79 Å². The molecule has 3 N–H and O–H groups in total. The smallest absolute Gasteiger partial charge is 0.248 e. The van der Waals surface area contributed by atoms with E-state index in [1.165, 1.54) is 5.56 Å². The van der Waals surface area contributed by atoms with Crippen LogP contribution in [-0.2, 0) is 5.41 Å². The number of primary amides is 1. The van der Waals surface area contributed by atoms with Crippen LogP contribution in [0.25, 0.3) is 0 Å². The highest BCUT2D eigenvalue weighted by Crippen LogP contribution is 2.42. The first-order valence-electron chi connectivity index (χ1n) is 10.3. The van der Waals surface area contributed by atoms with Crippen molar-refractivity contribution in [3.63, 3.8) is 0 Å². The first-order chi connectivity index (χ1) is 14.4. The van der Waals surface area contributed by atoms with Crippen molar-refractivity contribution in [2.45, 2.75) is 31.7 Å². The van der Waals surface area contributed by atoms with Crippen molar-refractivity contribution in [1.29, 1.82) is 0 Å². The lowest BCUT2D eigenvalue weighted by molar-refractivity contribution is 0.0850. The summed E-state index contributed by atoms with van der Waals surface area (Å²) < 4.78 is 0. The van der Waals surface area contributed by atoms with E-state index in [9.17, 15) is 4.79 Å². The van der Waals surface area contributed by atoms with Gasteiger partial charge < -0.3 is 10.7 Å². The van der Waals surface area contributed by atoms with Crippen LogP contribution in [0.2, 0.25) is 5.02 Å². The van der Waals surface area contributed by atoms with E-state index < -0.39 is 0 Å².